The molecule has 0 saturated heterocycles. The Morgan fingerprint density at radius 3 is 2.65 bits per heavy atom. The van der Waals surface area contributed by atoms with Crippen LogP contribution in [0.15, 0.2) is 46.4 Å². The summed E-state index contributed by atoms with van der Waals surface area (Å²) in [5, 5.41) is 0. The van der Waals surface area contributed by atoms with Crippen LogP contribution in [0.5, 0.6) is 0 Å². The van der Waals surface area contributed by atoms with Gasteiger partial charge in [-0.15, -0.1) is 0 Å². The summed E-state index contributed by atoms with van der Waals surface area (Å²) in [4.78, 5) is 19.1. The number of carbonyl (C=O) groups excluding carboxylic acids is 1. The molecule has 0 heterocycles. The predicted octanol–water partition coefficient (Wildman–Crippen LogP) is 1.81. The molecule has 0 aromatic heterocycles. The van der Waals surface area contributed by atoms with Gasteiger partial charge in [-0.25, -0.2) is 4.99 Å². The Morgan fingerprint density at radius 1 is 1.35 bits per heavy atom. The highest BCUT2D eigenvalue weighted by Crippen LogP contribution is 2.07. The molecule has 0 unspecified atom stereocenters. The summed E-state index contributed by atoms with van der Waals surface area (Å²) in [5.74, 6) is -0.448. The highest BCUT2D eigenvalue weighted by Gasteiger charge is 2.04. The van der Waals surface area contributed by atoms with Crippen LogP contribution < -0.4 is 5.73 Å². The monoisotopic (exact) mass is 229 g/mol. The van der Waals surface area contributed by atoms with Crippen LogP contribution in [0.25, 0.3) is 0 Å². The van der Waals surface area contributed by atoms with Crippen molar-refractivity contribution >= 4 is 18.0 Å². The third kappa shape index (κ3) is 3.68. The van der Waals surface area contributed by atoms with E-state index in [9.17, 15) is 4.79 Å². The number of nitrogens with zero attached hydrogens (tertiary/aromatic N) is 2. The van der Waals surface area contributed by atoms with Crippen LogP contribution in [0.1, 0.15) is 22.8 Å². The molecule has 0 saturated carbocycles. The highest BCUT2D eigenvalue weighted by molar-refractivity contribution is 6.12. The fraction of sp³-hybridized carbons (Fsp3) is 0.154. The Labute approximate surface area is 101 Å². The predicted molar refractivity (Wildman–Crippen MR) is 70.7 cm³/mol. The molecule has 0 aliphatic heterocycles. The van der Waals surface area contributed by atoms with Gasteiger partial charge in [0.1, 0.15) is 6.34 Å². The number of carbonyl (C=O) groups is 1. The van der Waals surface area contributed by atoms with E-state index in [1.165, 1.54) is 6.34 Å². The van der Waals surface area contributed by atoms with Gasteiger partial charge in [-0.05, 0) is 25.1 Å². The molecule has 1 rings (SSSR count). The van der Waals surface area contributed by atoms with Gasteiger partial charge in [-0.2, -0.15) is 0 Å². The average molecular weight is 229 g/mol. The van der Waals surface area contributed by atoms with Crippen molar-refractivity contribution in [1.82, 2.24) is 0 Å². The third-order valence-corrected chi connectivity index (χ3v) is 2.08. The lowest BCUT2D eigenvalue weighted by molar-refractivity contribution is 0.100. The van der Waals surface area contributed by atoms with Gasteiger partial charge >= 0.3 is 0 Å². The smallest absolute Gasteiger partial charge is 0.248 e. The number of rotatable bonds is 4. The van der Waals surface area contributed by atoms with Gasteiger partial charge < -0.3 is 5.73 Å². The Bertz CT molecular complexity index is 487. The van der Waals surface area contributed by atoms with Gasteiger partial charge in [0.2, 0.25) is 5.91 Å². The first kappa shape index (κ1) is 12.8. The number of hydrogen-bond donors (Lipinski definition) is 1. The van der Waals surface area contributed by atoms with Crippen LogP contribution in [0, 0.1) is 0 Å². The Morgan fingerprint density at radius 2 is 2.06 bits per heavy atom. The first-order valence-corrected chi connectivity index (χ1v) is 5.20. The number of amides is 1. The maximum atomic E-state index is 11.1. The molecule has 2 N–H and O–H groups in total. The maximum absolute atomic E-state index is 11.1. The average Bonchev–Trinajstić information content (AvgIpc) is 2.34. The lowest BCUT2D eigenvalue weighted by Crippen LogP contribution is -2.11. The van der Waals surface area contributed by atoms with Crippen molar-refractivity contribution in [3.05, 3.63) is 47.5 Å². The summed E-state index contributed by atoms with van der Waals surface area (Å²) in [6.07, 6.45) is 5.19. The van der Waals surface area contributed by atoms with Crippen molar-refractivity contribution in [3.63, 3.8) is 0 Å². The molecule has 0 atom stereocenters. The van der Waals surface area contributed by atoms with E-state index in [0.29, 0.717) is 5.56 Å². The molecule has 17 heavy (non-hydrogen) atoms. The van der Waals surface area contributed by atoms with Crippen LogP contribution >= 0.6 is 0 Å². The fourth-order valence-corrected chi connectivity index (χ4v) is 1.32. The Hall–Kier alpha value is -2.23. The summed E-state index contributed by atoms with van der Waals surface area (Å²) in [5.41, 5.74) is 7.27. The Balaban J connectivity index is 3.19. The standard InChI is InChI=1S/C13H15N3O/c1-3-5-12(16-9-15-2)10-6-4-7-11(8-10)13(14)17/h3-9H,1-2H3,(H2,14,17)/b5-3+,15-9?,16-12?. The molecule has 0 aliphatic carbocycles. The van der Waals surface area contributed by atoms with Crippen LogP contribution in [0.3, 0.4) is 0 Å². The number of nitrogens with two attached hydrogens (primary N) is 1. The molecule has 0 fully saturated rings. The Kier molecular flexibility index (Phi) is 4.81. The molecule has 0 aliphatic rings. The summed E-state index contributed by atoms with van der Waals surface area (Å²) in [7, 11) is 1.65. The van der Waals surface area contributed by atoms with Crippen molar-refractivity contribution in [3.8, 4) is 0 Å². The lowest BCUT2D eigenvalue weighted by atomic mass is 10.1. The summed E-state index contributed by atoms with van der Waals surface area (Å²) >= 11 is 0. The van der Waals surface area contributed by atoms with Crippen molar-refractivity contribution < 1.29 is 4.79 Å². The minimum absolute atomic E-state index is 0.448. The van der Waals surface area contributed by atoms with E-state index in [0.717, 1.165) is 11.3 Å². The van der Waals surface area contributed by atoms with Crippen LogP contribution in [0.2, 0.25) is 0 Å². The normalized spacial score (nSPS) is 12.5. The summed E-state index contributed by atoms with van der Waals surface area (Å²) < 4.78 is 0. The van der Waals surface area contributed by atoms with E-state index in [2.05, 4.69) is 9.98 Å². The second-order valence-electron chi connectivity index (χ2n) is 3.33. The topological polar surface area (TPSA) is 67.8 Å². The summed E-state index contributed by atoms with van der Waals surface area (Å²) in [6, 6.07) is 7.03. The molecule has 88 valence electrons. The minimum atomic E-state index is -0.448. The van der Waals surface area contributed by atoms with Crippen molar-refractivity contribution in [2.75, 3.05) is 7.05 Å². The van der Waals surface area contributed by atoms with Crippen molar-refractivity contribution in [2.24, 2.45) is 15.7 Å². The van der Waals surface area contributed by atoms with E-state index in [-0.39, 0.29) is 0 Å². The SMILES string of the molecule is C/C=C/C(=NC=NC)c1cccc(C(N)=O)c1. The molecule has 4 heteroatoms. The lowest BCUT2D eigenvalue weighted by Gasteiger charge is -2.02. The van der Waals surface area contributed by atoms with Gasteiger partial charge in [0.05, 0.1) is 5.71 Å². The number of benzene rings is 1. The first-order valence-electron chi connectivity index (χ1n) is 5.20. The highest BCUT2D eigenvalue weighted by atomic mass is 16.1. The molecule has 1 aromatic carbocycles. The quantitative estimate of drug-likeness (QED) is 0.621. The molecule has 0 radical (unpaired) electrons. The van der Waals surface area contributed by atoms with Gasteiger partial charge in [0, 0.05) is 18.2 Å². The summed E-state index contributed by atoms with van der Waals surface area (Å²) in [6.45, 7) is 1.90. The molecule has 4 nitrogen and oxygen atoms in total. The fourth-order valence-electron chi connectivity index (χ4n) is 1.32. The van der Waals surface area contributed by atoms with E-state index < -0.39 is 5.91 Å². The molecular formula is C13H15N3O. The van der Waals surface area contributed by atoms with E-state index in [1.54, 1.807) is 25.2 Å². The maximum Gasteiger partial charge on any atom is 0.248 e. The minimum Gasteiger partial charge on any atom is -0.366 e. The zero-order chi connectivity index (χ0) is 12.7. The van der Waals surface area contributed by atoms with Crippen molar-refractivity contribution in [2.45, 2.75) is 6.92 Å². The number of primary amides is 1. The first-order chi connectivity index (χ1) is 8.19. The van der Waals surface area contributed by atoms with Gasteiger partial charge in [0.15, 0.2) is 0 Å². The number of allylic oxidation sites excluding steroid dienone is 2. The molecule has 1 amide bonds. The van der Waals surface area contributed by atoms with Crippen molar-refractivity contribution in [1.29, 1.82) is 0 Å². The van der Waals surface area contributed by atoms with Crippen LogP contribution in [0.4, 0.5) is 0 Å². The largest absolute Gasteiger partial charge is 0.366 e. The van der Waals surface area contributed by atoms with Gasteiger partial charge in [0.25, 0.3) is 0 Å². The zero-order valence-electron chi connectivity index (χ0n) is 9.92. The van der Waals surface area contributed by atoms with Crippen LogP contribution in [-0.4, -0.2) is 25.0 Å². The molecule has 1 aromatic rings. The molecule has 0 bridgehead atoms. The van der Waals surface area contributed by atoms with E-state index >= 15 is 0 Å². The van der Waals surface area contributed by atoms with E-state index in [1.807, 2.05) is 25.1 Å². The molecule has 0 spiro atoms. The van der Waals surface area contributed by atoms with Crippen LogP contribution in [-0.2, 0) is 0 Å². The number of aliphatic imine (C=N–C) groups is 2. The van der Waals surface area contributed by atoms with Gasteiger partial charge in [-0.3, -0.25) is 9.79 Å². The number of hydrogen-bond acceptors (Lipinski definition) is 2. The third-order valence-electron chi connectivity index (χ3n) is 2.08. The van der Waals surface area contributed by atoms with Gasteiger partial charge in [-0.1, -0.05) is 18.2 Å². The molecular weight excluding hydrogens is 214 g/mol. The second-order valence-corrected chi connectivity index (χ2v) is 3.33. The second kappa shape index (κ2) is 6.37. The van der Waals surface area contributed by atoms with E-state index in [4.69, 9.17) is 5.73 Å². The zero-order valence-corrected chi connectivity index (χ0v) is 9.92.